The highest BCUT2D eigenvalue weighted by Crippen LogP contribution is 2.28. The maximum Gasteiger partial charge on any atom is 0.259 e. The topological polar surface area (TPSA) is 82.6 Å². The van der Waals surface area contributed by atoms with Crippen LogP contribution in [0.25, 0.3) is 0 Å². The normalized spacial score (nSPS) is 14.2. The second kappa shape index (κ2) is 9.44. The lowest BCUT2D eigenvalue weighted by Crippen LogP contribution is -2.44. The highest BCUT2D eigenvalue weighted by molar-refractivity contribution is 6.07. The number of methoxy groups -OCH3 is 1. The van der Waals surface area contributed by atoms with E-state index < -0.39 is 0 Å². The number of carbonyl (C=O) groups excluding carboxylic acids is 1. The van der Waals surface area contributed by atoms with Gasteiger partial charge in [0.25, 0.3) is 5.91 Å². The number of hydrogen-bond donors (Lipinski definition) is 2. The quantitative estimate of drug-likeness (QED) is 0.636. The van der Waals surface area contributed by atoms with Gasteiger partial charge in [-0.3, -0.25) is 4.79 Å². The van der Waals surface area contributed by atoms with Crippen molar-refractivity contribution in [3.05, 3.63) is 66.5 Å². The van der Waals surface area contributed by atoms with Crippen LogP contribution < -0.4 is 20.3 Å². The molecule has 0 bridgehead atoms. The van der Waals surface area contributed by atoms with Crippen molar-refractivity contribution in [1.29, 1.82) is 0 Å². The molecule has 3 aromatic rings. The molecule has 160 valence electrons. The lowest BCUT2D eigenvalue weighted by molar-refractivity contribution is 0.102. The molecule has 4 rings (SSSR count). The van der Waals surface area contributed by atoms with E-state index in [1.165, 1.54) is 0 Å². The van der Waals surface area contributed by atoms with Crippen LogP contribution >= 0.6 is 0 Å². The minimum Gasteiger partial charge on any atom is -0.495 e. The summed E-state index contributed by atoms with van der Waals surface area (Å²) >= 11 is 0. The molecule has 2 N–H and O–H groups in total. The predicted molar refractivity (Wildman–Crippen MR) is 122 cm³/mol. The van der Waals surface area contributed by atoms with E-state index in [-0.39, 0.29) is 5.91 Å². The monoisotopic (exact) mass is 418 g/mol. The largest absolute Gasteiger partial charge is 0.495 e. The fourth-order valence-electron chi connectivity index (χ4n) is 3.44. The lowest BCUT2D eigenvalue weighted by Gasteiger charge is -2.33. The van der Waals surface area contributed by atoms with Crippen molar-refractivity contribution >= 4 is 28.9 Å². The van der Waals surface area contributed by atoms with Gasteiger partial charge in [0.2, 0.25) is 0 Å². The number of benzene rings is 1. The van der Waals surface area contributed by atoms with E-state index in [2.05, 4.69) is 37.4 Å². The van der Waals surface area contributed by atoms with Crippen molar-refractivity contribution in [2.24, 2.45) is 0 Å². The van der Waals surface area contributed by atoms with Gasteiger partial charge in [0.15, 0.2) is 0 Å². The SMILES string of the molecule is COc1ccccc1Nc1ncccc1C(=O)Nc1ccc(N2CCN(C)CC2)nc1. The van der Waals surface area contributed by atoms with Crippen molar-refractivity contribution in [2.45, 2.75) is 0 Å². The average molecular weight is 419 g/mol. The summed E-state index contributed by atoms with van der Waals surface area (Å²) in [4.78, 5) is 26.4. The molecule has 1 aliphatic rings. The molecule has 0 aliphatic carbocycles. The van der Waals surface area contributed by atoms with E-state index in [1.807, 2.05) is 36.4 Å². The molecule has 1 amide bonds. The number of para-hydroxylation sites is 2. The van der Waals surface area contributed by atoms with E-state index in [0.29, 0.717) is 22.8 Å². The van der Waals surface area contributed by atoms with Gasteiger partial charge in [-0.25, -0.2) is 9.97 Å². The molecule has 0 saturated carbocycles. The van der Waals surface area contributed by atoms with Gasteiger partial charge in [-0.1, -0.05) is 12.1 Å². The van der Waals surface area contributed by atoms with Gasteiger partial charge < -0.3 is 25.2 Å². The molecular formula is C23H26N6O2. The van der Waals surface area contributed by atoms with Crippen molar-refractivity contribution in [1.82, 2.24) is 14.9 Å². The van der Waals surface area contributed by atoms with E-state index in [4.69, 9.17) is 4.74 Å². The number of rotatable bonds is 6. The molecular weight excluding hydrogens is 392 g/mol. The molecule has 1 aliphatic heterocycles. The van der Waals surface area contributed by atoms with Crippen LogP contribution in [0.1, 0.15) is 10.4 Å². The average Bonchev–Trinajstić information content (AvgIpc) is 2.81. The number of nitrogens with one attached hydrogen (secondary N) is 2. The van der Waals surface area contributed by atoms with Gasteiger partial charge in [0, 0.05) is 32.4 Å². The highest BCUT2D eigenvalue weighted by atomic mass is 16.5. The van der Waals surface area contributed by atoms with E-state index >= 15 is 0 Å². The fraction of sp³-hybridized carbons (Fsp3) is 0.261. The molecule has 1 fully saturated rings. The molecule has 1 aromatic carbocycles. The zero-order valence-electron chi connectivity index (χ0n) is 17.7. The summed E-state index contributed by atoms with van der Waals surface area (Å²) in [6.45, 7) is 3.93. The number of ether oxygens (including phenoxy) is 1. The first kappa shape index (κ1) is 20.6. The second-order valence-corrected chi connectivity index (χ2v) is 7.37. The molecule has 0 unspecified atom stereocenters. The van der Waals surface area contributed by atoms with Gasteiger partial charge >= 0.3 is 0 Å². The molecule has 31 heavy (non-hydrogen) atoms. The molecule has 8 nitrogen and oxygen atoms in total. The van der Waals surface area contributed by atoms with Crippen LogP contribution in [-0.4, -0.2) is 61.1 Å². The molecule has 0 radical (unpaired) electrons. The van der Waals surface area contributed by atoms with Gasteiger partial charge in [-0.2, -0.15) is 0 Å². The Morgan fingerprint density at radius 1 is 1.00 bits per heavy atom. The number of piperazine rings is 1. The van der Waals surface area contributed by atoms with Crippen LogP contribution in [0.2, 0.25) is 0 Å². The van der Waals surface area contributed by atoms with Crippen LogP contribution in [0.15, 0.2) is 60.9 Å². The third-order valence-electron chi connectivity index (χ3n) is 5.25. The fourth-order valence-corrected chi connectivity index (χ4v) is 3.44. The molecule has 0 atom stereocenters. The predicted octanol–water partition coefficient (Wildman–Crippen LogP) is 3.23. The van der Waals surface area contributed by atoms with Crippen molar-refractivity contribution in [2.75, 3.05) is 55.9 Å². The minimum absolute atomic E-state index is 0.264. The number of aromatic nitrogens is 2. The minimum atomic E-state index is -0.264. The summed E-state index contributed by atoms with van der Waals surface area (Å²) < 4.78 is 5.37. The molecule has 3 heterocycles. The number of pyridine rings is 2. The highest BCUT2D eigenvalue weighted by Gasteiger charge is 2.17. The zero-order valence-corrected chi connectivity index (χ0v) is 17.7. The Hall–Kier alpha value is -3.65. The summed E-state index contributed by atoms with van der Waals surface area (Å²) in [5.41, 5.74) is 1.79. The molecule has 2 aromatic heterocycles. The number of nitrogens with zero attached hydrogens (tertiary/aromatic N) is 4. The number of carbonyl (C=O) groups is 1. The summed E-state index contributed by atoms with van der Waals surface area (Å²) in [6, 6.07) is 14.8. The second-order valence-electron chi connectivity index (χ2n) is 7.37. The Kier molecular flexibility index (Phi) is 6.28. The Morgan fingerprint density at radius 2 is 1.81 bits per heavy atom. The Bertz CT molecular complexity index is 1030. The third-order valence-corrected chi connectivity index (χ3v) is 5.25. The lowest BCUT2D eigenvalue weighted by atomic mass is 10.2. The number of anilines is 4. The summed E-state index contributed by atoms with van der Waals surface area (Å²) in [6.07, 6.45) is 3.33. The van der Waals surface area contributed by atoms with Crippen LogP contribution in [0.4, 0.5) is 23.0 Å². The first-order valence-electron chi connectivity index (χ1n) is 10.2. The van der Waals surface area contributed by atoms with Crippen molar-refractivity contribution < 1.29 is 9.53 Å². The maximum atomic E-state index is 12.9. The Morgan fingerprint density at radius 3 is 2.55 bits per heavy atom. The van der Waals surface area contributed by atoms with Crippen LogP contribution in [0.3, 0.4) is 0 Å². The summed E-state index contributed by atoms with van der Waals surface area (Å²) in [5.74, 6) is 1.78. The van der Waals surface area contributed by atoms with E-state index in [0.717, 1.165) is 37.7 Å². The van der Waals surface area contributed by atoms with Gasteiger partial charge in [-0.15, -0.1) is 0 Å². The first-order chi connectivity index (χ1) is 15.1. The van der Waals surface area contributed by atoms with Crippen molar-refractivity contribution in [3.63, 3.8) is 0 Å². The Labute approximate surface area is 181 Å². The summed E-state index contributed by atoms with van der Waals surface area (Å²) in [7, 11) is 3.73. The Balaban J connectivity index is 1.47. The standard InChI is InChI=1S/C23H26N6O2/c1-28-12-14-29(15-13-28)21-10-9-17(16-25-21)26-23(30)18-6-5-11-24-22(18)27-19-7-3-4-8-20(19)31-2/h3-11,16H,12-15H2,1-2H3,(H,24,27)(H,26,30). The maximum absolute atomic E-state index is 12.9. The van der Waals surface area contributed by atoms with E-state index in [1.54, 1.807) is 31.6 Å². The van der Waals surface area contributed by atoms with Crippen LogP contribution in [0, 0.1) is 0 Å². The van der Waals surface area contributed by atoms with Crippen LogP contribution in [0.5, 0.6) is 5.75 Å². The first-order valence-corrected chi connectivity index (χ1v) is 10.2. The third kappa shape index (κ3) is 4.92. The smallest absolute Gasteiger partial charge is 0.259 e. The molecule has 1 saturated heterocycles. The van der Waals surface area contributed by atoms with Gasteiger partial charge in [-0.05, 0) is 43.4 Å². The summed E-state index contributed by atoms with van der Waals surface area (Å²) in [5, 5.41) is 6.10. The van der Waals surface area contributed by atoms with Gasteiger partial charge in [0.05, 0.1) is 30.2 Å². The van der Waals surface area contributed by atoms with Crippen molar-refractivity contribution in [3.8, 4) is 5.75 Å². The molecule has 8 heteroatoms. The van der Waals surface area contributed by atoms with Gasteiger partial charge in [0.1, 0.15) is 17.4 Å². The van der Waals surface area contributed by atoms with E-state index in [9.17, 15) is 4.79 Å². The molecule has 0 spiro atoms. The zero-order chi connectivity index (χ0) is 21.6. The van der Waals surface area contributed by atoms with Crippen LogP contribution in [-0.2, 0) is 0 Å². The number of hydrogen-bond acceptors (Lipinski definition) is 7. The number of amides is 1. The number of likely N-dealkylation sites (N-methyl/N-ethyl adjacent to an activating group) is 1.